The molecular formula is C25H25F3N8O3S. The highest BCUT2D eigenvalue weighted by atomic mass is 32.1. The summed E-state index contributed by atoms with van der Waals surface area (Å²) >= 11 is 1.16. The summed E-state index contributed by atoms with van der Waals surface area (Å²) in [6.07, 6.45) is -1.19. The van der Waals surface area contributed by atoms with Crippen molar-refractivity contribution in [1.82, 2.24) is 35.5 Å². The highest BCUT2D eigenvalue weighted by Crippen LogP contribution is 2.22. The molecule has 2 N–H and O–H groups in total. The Labute approximate surface area is 230 Å². The van der Waals surface area contributed by atoms with Crippen LogP contribution in [0.3, 0.4) is 0 Å². The molecule has 3 aromatic heterocycles. The molecule has 0 radical (unpaired) electrons. The van der Waals surface area contributed by atoms with Crippen LogP contribution in [0.1, 0.15) is 40.1 Å². The number of carbonyl (C=O) groups excluding carboxylic acids is 2. The summed E-state index contributed by atoms with van der Waals surface area (Å²) in [5.41, 5.74) is 1.15. The molecule has 40 heavy (non-hydrogen) atoms. The number of carbonyl (C=O) groups is 2. The van der Waals surface area contributed by atoms with Crippen LogP contribution in [-0.4, -0.2) is 54.3 Å². The fourth-order valence-electron chi connectivity index (χ4n) is 3.50. The van der Waals surface area contributed by atoms with Gasteiger partial charge in [-0.15, -0.1) is 15.3 Å². The van der Waals surface area contributed by atoms with Crippen LogP contribution in [0.5, 0.6) is 5.75 Å². The first-order valence-electron chi connectivity index (χ1n) is 12.1. The van der Waals surface area contributed by atoms with Crippen LogP contribution in [0, 0.1) is 0 Å². The molecule has 0 aliphatic heterocycles. The second kappa shape index (κ2) is 13.1. The number of hydrogen-bond acceptors (Lipinski definition) is 9. The van der Waals surface area contributed by atoms with Gasteiger partial charge in [0.1, 0.15) is 16.9 Å². The average Bonchev–Trinajstić information content (AvgIpc) is 3.55. The number of ether oxygens (including phenoxy) is 1. The number of aromatic nitrogens is 6. The van der Waals surface area contributed by atoms with E-state index in [0.717, 1.165) is 11.3 Å². The Balaban J connectivity index is 1.20. The summed E-state index contributed by atoms with van der Waals surface area (Å²) < 4.78 is 46.4. The van der Waals surface area contributed by atoms with E-state index >= 15 is 0 Å². The highest BCUT2D eigenvalue weighted by molar-refractivity contribution is 7.15. The molecule has 4 aromatic rings. The predicted molar refractivity (Wildman–Crippen MR) is 139 cm³/mol. The topological polar surface area (TPSA) is 137 Å². The number of aryl methyl sites for hydroxylation is 1. The molecule has 0 aliphatic carbocycles. The molecule has 0 aliphatic rings. The Morgan fingerprint density at radius 1 is 1.15 bits per heavy atom. The Kier molecular flexibility index (Phi) is 9.37. The van der Waals surface area contributed by atoms with Crippen molar-refractivity contribution in [2.75, 3.05) is 5.32 Å². The largest absolute Gasteiger partial charge is 0.433 e. The van der Waals surface area contributed by atoms with E-state index in [9.17, 15) is 22.8 Å². The number of anilines is 1. The second-order valence-electron chi connectivity index (χ2n) is 8.75. The van der Waals surface area contributed by atoms with Gasteiger partial charge in [0.25, 0.3) is 5.91 Å². The van der Waals surface area contributed by atoms with Gasteiger partial charge in [-0.25, -0.2) is 9.07 Å². The van der Waals surface area contributed by atoms with E-state index in [0.29, 0.717) is 34.7 Å². The van der Waals surface area contributed by atoms with Crippen molar-refractivity contribution in [3.8, 4) is 5.75 Å². The van der Waals surface area contributed by atoms with Crippen LogP contribution in [0.2, 0.25) is 0 Å². The number of benzene rings is 1. The van der Waals surface area contributed by atoms with Crippen molar-refractivity contribution in [2.45, 2.75) is 51.6 Å². The van der Waals surface area contributed by atoms with Crippen LogP contribution in [-0.2, 0) is 30.7 Å². The van der Waals surface area contributed by atoms with Crippen LogP contribution in [0.15, 0.2) is 54.9 Å². The van der Waals surface area contributed by atoms with Crippen LogP contribution >= 0.6 is 11.3 Å². The Morgan fingerprint density at radius 2 is 2.00 bits per heavy atom. The monoisotopic (exact) mass is 574 g/mol. The van der Waals surface area contributed by atoms with Gasteiger partial charge in [-0.1, -0.05) is 34.7 Å². The van der Waals surface area contributed by atoms with Gasteiger partial charge in [0, 0.05) is 31.8 Å². The minimum absolute atomic E-state index is 0.0186. The molecule has 210 valence electrons. The first-order valence-corrected chi connectivity index (χ1v) is 12.9. The fourth-order valence-corrected chi connectivity index (χ4v) is 4.27. The summed E-state index contributed by atoms with van der Waals surface area (Å²) in [4.78, 5) is 28.6. The van der Waals surface area contributed by atoms with E-state index in [-0.39, 0.29) is 43.3 Å². The molecule has 0 fully saturated rings. The molecule has 11 nitrogen and oxygen atoms in total. The maximum Gasteiger partial charge on any atom is 0.394 e. The maximum absolute atomic E-state index is 14.6. The van der Waals surface area contributed by atoms with Gasteiger partial charge in [-0.05, 0) is 36.2 Å². The molecule has 1 unspecified atom stereocenters. The lowest BCUT2D eigenvalue weighted by molar-refractivity contribution is -0.159. The molecule has 1 atom stereocenters. The number of amides is 2. The minimum atomic E-state index is -3.33. The lowest BCUT2D eigenvalue weighted by atomic mass is 10.2. The molecular weight excluding hydrogens is 549 g/mol. The summed E-state index contributed by atoms with van der Waals surface area (Å²) in [7, 11) is 0. The van der Waals surface area contributed by atoms with Crippen molar-refractivity contribution in [2.24, 2.45) is 0 Å². The van der Waals surface area contributed by atoms with E-state index < -0.39 is 18.2 Å². The standard InChI is InChI=1S/C25H25F3N8O3S/c1-25(27,28)39-19-7-4-5-16(11-19)13-30-23(38)20-15-36(35-32-20)14-17(26)8-9-22-33-34-24(40-22)31-21(37)12-18-6-2-3-10-29-18/h2-7,10-11,15,17H,8-9,12-14H2,1H3,(H,30,38)(H,31,34,37). The van der Waals surface area contributed by atoms with Crippen LogP contribution < -0.4 is 15.4 Å². The summed E-state index contributed by atoms with van der Waals surface area (Å²) in [6, 6.07) is 11.2. The van der Waals surface area contributed by atoms with E-state index in [1.54, 1.807) is 30.5 Å². The van der Waals surface area contributed by atoms with Crippen molar-refractivity contribution >= 4 is 28.3 Å². The number of alkyl halides is 3. The first kappa shape index (κ1) is 28.6. The Morgan fingerprint density at radius 3 is 2.77 bits per heavy atom. The van der Waals surface area contributed by atoms with Gasteiger partial charge in [0.2, 0.25) is 11.0 Å². The molecule has 2 amide bonds. The van der Waals surface area contributed by atoms with Gasteiger partial charge in [0.05, 0.1) is 19.2 Å². The molecule has 0 spiro atoms. The third kappa shape index (κ3) is 9.11. The zero-order valence-corrected chi connectivity index (χ0v) is 22.1. The van der Waals surface area contributed by atoms with Crippen molar-refractivity contribution in [3.63, 3.8) is 0 Å². The third-order valence-corrected chi connectivity index (χ3v) is 6.16. The molecule has 0 saturated heterocycles. The fraction of sp³-hybridized carbons (Fsp3) is 0.320. The van der Waals surface area contributed by atoms with Crippen LogP contribution in [0.25, 0.3) is 0 Å². The number of hydrogen-bond donors (Lipinski definition) is 2. The SMILES string of the molecule is CC(F)(F)Oc1cccc(CNC(=O)c2cn(CC(F)CCc3nnc(NC(=O)Cc4ccccn4)s3)nn2)c1. The molecule has 15 heteroatoms. The number of nitrogens with one attached hydrogen (secondary N) is 2. The van der Waals surface area contributed by atoms with Gasteiger partial charge >= 0.3 is 6.11 Å². The smallest absolute Gasteiger partial charge is 0.394 e. The zero-order valence-electron chi connectivity index (χ0n) is 21.3. The summed E-state index contributed by atoms with van der Waals surface area (Å²) in [6.45, 7) is 0.543. The van der Waals surface area contributed by atoms with Crippen molar-refractivity contribution in [3.05, 3.63) is 76.8 Å². The molecule has 4 rings (SSSR count). The van der Waals surface area contributed by atoms with Gasteiger partial charge in [-0.2, -0.15) is 8.78 Å². The van der Waals surface area contributed by atoms with Gasteiger partial charge < -0.3 is 15.4 Å². The van der Waals surface area contributed by atoms with Gasteiger partial charge in [-0.3, -0.25) is 14.6 Å². The van der Waals surface area contributed by atoms with E-state index in [1.165, 1.54) is 29.1 Å². The lowest BCUT2D eigenvalue weighted by Crippen LogP contribution is -2.23. The minimum Gasteiger partial charge on any atom is -0.433 e. The van der Waals surface area contributed by atoms with Gasteiger partial charge in [0.15, 0.2) is 5.69 Å². The molecule has 0 saturated carbocycles. The van der Waals surface area contributed by atoms with Crippen molar-refractivity contribution in [1.29, 1.82) is 0 Å². The quantitative estimate of drug-likeness (QED) is 0.247. The third-order valence-electron chi connectivity index (χ3n) is 5.26. The normalized spacial score (nSPS) is 12.1. The van der Waals surface area contributed by atoms with Crippen molar-refractivity contribution < 1.29 is 27.5 Å². The first-order chi connectivity index (χ1) is 19.1. The van der Waals surface area contributed by atoms with E-state index in [2.05, 4.69) is 40.9 Å². The average molecular weight is 575 g/mol. The number of halogens is 3. The zero-order chi connectivity index (χ0) is 28.5. The highest BCUT2D eigenvalue weighted by Gasteiger charge is 2.23. The number of pyridine rings is 1. The number of rotatable bonds is 13. The summed E-state index contributed by atoms with van der Waals surface area (Å²) in [5, 5.41) is 21.6. The predicted octanol–water partition coefficient (Wildman–Crippen LogP) is 3.60. The molecule has 1 aromatic carbocycles. The van der Waals surface area contributed by atoms with Crippen LogP contribution in [0.4, 0.5) is 18.3 Å². The molecule has 0 bridgehead atoms. The Hall–Kier alpha value is -4.40. The summed E-state index contributed by atoms with van der Waals surface area (Å²) in [5.74, 6) is -0.867. The van der Waals surface area contributed by atoms with E-state index in [1.807, 2.05) is 0 Å². The number of nitrogens with zero attached hydrogens (tertiary/aromatic N) is 6. The van der Waals surface area contributed by atoms with E-state index in [4.69, 9.17) is 0 Å². The second-order valence-corrected chi connectivity index (χ2v) is 9.81. The Bertz CT molecular complexity index is 1430. The maximum atomic E-state index is 14.6. The molecule has 3 heterocycles. The lowest BCUT2D eigenvalue weighted by Gasteiger charge is -2.13.